The van der Waals surface area contributed by atoms with E-state index < -0.39 is 4.92 Å². The Morgan fingerprint density at radius 1 is 1.41 bits per heavy atom. The van der Waals surface area contributed by atoms with E-state index in [4.69, 9.17) is 4.74 Å². The van der Waals surface area contributed by atoms with E-state index in [1.807, 2.05) is 11.3 Å². The lowest BCUT2D eigenvalue weighted by molar-refractivity contribution is -0.928. The van der Waals surface area contributed by atoms with E-state index in [1.54, 1.807) is 0 Å². The van der Waals surface area contributed by atoms with Crippen molar-refractivity contribution in [2.75, 3.05) is 25.5 Å². The van der Waals surface area contributed by atoms with Crippen LogP contribution in [0.1, 0.15) is 29.3 Å². The van der Waals surface area contributed by atoms with E-state index in [1.165, 1.54) is 53.5 Å². The van der Waals surface area contributed by atoms with Crippen molar-refractivity contribution < 1.29 is 19.4 Å². The molecule has 2 N–H and O–H groups in total. The van der Waals surface area contributed by atoms with Crippen LogP contribution in [0, 0.1) is 16.0 Å². The quantitative estimate of drug-likeness (QED) is 0.587. The first-order chi connectivity index (χ1) is 13.1. The second-order valence-electron chi connectivity index (χ2n) is 7.14. The molecule has 1 amide bonds. The third kappa shape index (κ3) is 3.68. The van der Waals surface area contributed by atoms with Crippen LogP contribution in [0.2, 0.25) is 0 Å². The number of benzene rings is 1. The van der Waals surface area contributed by atoms with Crippen molar-refractivity contribution in [2.45, 2.75) is 25.3 Å². The molecule has 1 saturated carbocycles. The van der Waals surface area contributed by atoms with Crippen LogP contribution in [0.5, 0.6) is 5.75 Å². The molecule has 7 nitrogen and oxygen atoms in total. The van der Waals surface area contributed by atoms with Gasteiger partial charge in [0.15, 0.2) is 6.54 Å². The Bertz CT molecular complexity index is 878. The zero-order valence-corrected chi connectivity index (χ0v) is 15.9. The molecule has 1 aliphatic heterocycles. The minimum absolute atomic E-state index is 0.0645. The number of anilines is 1. The summed E-state index contributed by atoms with van der Waals surface area (Å²) in [6, 6.07) is 6.85. The zero-order chi connectivity index (χ0) is 19.0. The van der Waals surface area contributed by atoms with Crippen LogP contribution in [-0.4, -0.2) is 31.0 Å². The molecule has 0 spiro atoms. The van der Waals surface area contributed by atoms with Gasteiger partial charge in [-0.1, -0.05) is 0 Å². The van der Waals surface area contributed by atoms with Gasteiger partial charge in [-0.05, 0) is 30.4 Å². The molecule has 0 bridgehead atoms. The normalized spacial score (nSPS) is 21.4. The highest BCUT2D eigenvalue weighted by Gasteiger charge is 2.43. The summed E-state index contributed by atoms with van der Waals surface area (Å²) in [6.07, 6.45) is 3.49. The summed E-state index contributed by atoms with van der Waals surface area (Å²) in [5.41, 5.74) is 1.82. The van der Waals surface area contributed by atoms with Crippen molar-refractivity contribution in [3.8, 4) is 5.75 Å². The maximum absolute atomic E-state index is 12.7. The standard InChI is InChI=1S/C19H21N3O4S/c1-26-16-10-13(22(24)25)4-5-15(16)20-18(23)11-21-8-6-17-14(7-9-27-17)19(21)12-2-3-12/h4-5,7,9-10,12,19H,2-3,6,8,11H2,1H3,(H,20,23)/p+1/t19-/m1/s1. The van der Waals surface area contributed by atoms with E-state index in [-0.39, 0.29) is 11.6 Å². The Hall–Kier alpha value is -2.45. The van der Waals surface area contributed by atoms with E-state index in [2.05, 4.69) is 16.8 Å². The van der Waals surface area contributed by atoms with Crippen molar-refractivity contribution in [3.05, 3.63) is 50.2 Å². The molecular weight excluding hydrogens is 366 g/mol. The molecule has 142 valence electrons. The average Bonchev–Trinajstić information content (AvgIpc) is 3.37. The highest BCUT2D eigenvalue weighted by Crippen LogP contribution is 2.42. The van der Waals surface area contributed by atoms with Crippen molar-refractivity contribution in [1.29, 1.82) is 0 Å². The molecule has 2 aliphatic rings. The number of carbonyl (C=O) groups excluding carboxylic acids is 1. The summed E-state index contributed by atoms with van der Waals surface area (Å²) in [4.78, 5) is 25.9. The molecule has 8 heteroatoms. The number of amides is 1. The number of nitro groups is 1. The van der Waals surface area contributed by atoms with Gasteiger partial charge in [0.1, 0.15) is 11.8 Å². The van der Waals surface area contributed by atoms with Crippen LogP contribution in [0.15, 0.2) is 29.6 Å². The third-order valence-corrected chi connectivity index (χ3v) is 6.38. The number of nitrogens with one attached hydrogen (secondary N) is 2. The van der Waals surface area contributed by atoms with E-state index in [0.29, 0.717) is 29.9 Å². The Morgan fingerprint density at radius 2 is 2.22 bits per heavy atom. The number of hydrogen-bond donors (Lipinski definition) is 2. The summed E-state index contributed by atoms with van der Waals surface area (Å²) in [6.45, 7) is 1.34. The predicted molar refractivity (Wildman–Crippen MR) is 102 cm³/mol. The number of ether oxygens (including phenoxy) is 1. The molecule has 2 atom stereocenters. The lowest BCUT2D eigenvalue weighted by Crippen LogP contribution is -3.14. The maximum Gasteiger partial charge on any atom is 0.279 e. The van der Waals surface area contributed by atoms with Gasteiger partial charge >= 0.3 is 0 Å². The third-order valence-electron chi connectivity index (χ3n) is 5.38. The van der Waals surface area contributed by atoms with Gasteiger partial charge < -0.3 is 15.0 Å². The fraction of sp³-hybridized carbons (Fsp3) is 0.421. The van der Waals surface area contributed by atoms with E-state index in [9.17, 15) is 14.9 Å². The lowest BCUT2D eigenvalue weighted by Gasteiger charge is -2.32. The molecule has 27 heavy (non-hydrogen) atoms. The number of nitrogens with zero attached hydrogens (tertiary/aromatic N) is 1. The average molecular weight is 388 g/mol. The van der Waals surface area contributed by atoms with Crippen LogP contribution >= 0.6 is 11.3 Å². The summed E-state index contributed by atoms with van der Waals surface area (Å²) in [5.74, 6) is 0.877. The summed E-state index contributed by atoms with van der Waals surface area (Å²) in [5, 5.41) is 15.9. The first-order valence-corrected chi connectivity index (χ1v) is 9.98. The molecule has 0 saturated heterocycles. The molecule has 1 unspecified atom stereocenters. The molecule has 0 radical (unpaired) electrons. The van der Waals surface area contributed by atoms with Crippen LogP contribution < -0.4 is 15.0 Å². The number of fused-ring (bicyclic) bond motifs is 1. The molecule has 2 heterocycles. The fourth-order valence-electron chi connectivity index (χ4n) is 3.99. The van der Waals surface area contributed by atoms with Crippen LogP contribution in [0.4, 0.5) is 11.4 Å². The Kier molecular flexibility index (Phi) is 4.84. The van der Waals surface area contributed by atoms with E-state index >= 15 is 0 Å². The van der Waals surface area contributed by atoms with Gasteiger partial charge in [-0.25, -0.2) is 0 Å². The number of methoxy groups -OCH3 is 1. The lowest BCUT2D eigenvalue weighted by atomic mass is 9.96. The number of hydrogen-bond acceptors (Lipinski definition) is 5. The topological polar surface area (TPSA) is 85.9 Å². The molecule has 1 aromatic heterocycles. The van der Waals surface area contributed by atoms with Crippen molar-refractivity contribution in [2.24, 2.45) is 5.92 Å². The molecule has 1 aromatic carbocycles. The van der Waals surface area contributed by atoms with Gasteiger partial charge in [0, 0.05) is 28.8 Å². The van der Waals surface area contributed by atoms with Crippen molar-refractivity contribution in [1.82, 2.24) is 0 Å². The number of quaternary nitrogens is 1. The largest absolute Gasteiger partial charge is 0.494 e. The van der Waals surface area contributed by atoms with Crippen molar-refractivity contribution in [3.63, 3.8) is 0 Å². The van der Waals surface area contributed by atoms with Crippen molar-refractivity contribution >= 4 is 28.6 Å². The number of rotatable bonds is 6. The number of carbonyl (C=O) groups is 1. The van der Waals surface area contributed by atoms with E-state index in [0.717, 1.165) is 13.0 Å². The second-order valence-corrected chi connectivity index (χ2v) is 8.14. The molecule has 1 fully saturated rings. The number of non-ortho nitro benzene ring substituents is 1. The van der Waals surface area contributed by atoms with Gasteiger partial charge in [-0.3, -0.25) is 14.9 Å². The number of nitro benzene ring substituents is 1. The first-order valence-electron chi connectivity index (χ1n) is 9.10. The second kappa shape index (κ2) is 7.28. The molecule has 1 aliphatic carbocycles. The summed E-state index contributed by atoms with van der Waals surface area (Å²) in [7, 11) is 1.44. The Labute approximate surface area is 161 Å². The van der Waals surface area contributed by atoms with Gasteiger partial charge in [-0.2, -0.15) is 0 Å². The summed E-state index contributed by atoms with van der Waals surface area (Å²) >= 11 is 1.82. The predicted octanol–water partition coefficient (Wildman–Crippen LogP) is 2.20. The zero-order valence-electron chi connectivity index (χ0n) is 15.1. The van der Waals surface area contributed by atoms with Gasteiger partial charge in [0.05, 0.1) is 30.3 Å². The van der Waals surface area contributed by atoms with Gasteiger partial charge in [-0.15, -0.1) is 11.3 Å². The van der Waals surface area contributed by atoms with Gasteiger partial charge in [0.25, 0.3) is 11.6 Å². The molecular formula is C19H22N3O4S+. The van der Waals surface area contributed by atoms with Crippen LogP contribution in [0.25, 0.3) is 0 Å². The van der Waals surface area contributed by atoms with Crippen LogP contribution in [0.3, 0.4) is 0 Å². The maximum atomic E-state index is 12.7. The SMILES string of the molecule is COc1cc([N+](=O)[O-])ccc1NC(=O)C[NH+]1CCc2sccc2[C@H]1C1CC1. The number of thiophene rings is 1. The molecule has 4 rings (SSSR count). The summed E-state index contributed by atoms with van der Waals surface area (Å²) < 4.78 is 5.21. The van der Waals surface area contributed by atoms with Gasteiger partial charge in [0.2, 0.25) is 0 Å². The Balaban J connectivity index is 1.47. The Morgan fingerprint density at radius 3 is 2.93 bits per heavy atom. The van der Waals surface area contributed by atoms with Crippen LogP contribution in [-0.2, 0) is 11.2 Å². The highest BCUT2D eigenvalue weighted by molar-refractivity contribution is 7.10. The minimum atomic E-state index is -0.481. The monoisotopic (exact) mass is 388 g/mol. The fourth-order valence-corrected chi connectivity index (χ4v) is 4.92. The first kappa shape index (κ1) is 17.9. The molecule has 2 aromatic rings. The minimum Gasteiger partial charge on any atom is -0.494 e. The smallest absolute Gasteiger partial charge is 0.279 e. The highest BCUT2D eigenvalue weighted by atomic mass is 32.1.